The van der Waals surface area contributed by atoms with Crippen molar-refractivity contribution in [1.29, 1.82) is 0 Å². The summed E-state index contributed by atoms with van der Waals surface area (Å²) in [5, 5.41) is 5.49. The predicted octanol–water partition coefficient (Wildman–Crippen LogP) is 1.53. The molecule has 9 heteroatoms. The van der Waals surface area contributed by atoms with Gasteiger partial charge in [-0.25, -0.2) is 9.78 Å². The number of nitrogens with two attached hydrogens (primary N) is 1. The molecule has 1 aromatic heterocycles. The van der Waals surface area contributed by atoms with Crippen LogP contribution in [0, 0.1) is 0 Å². The van der Waals surface area contributed by atoms with Crippen molar-refractivity contribution in [2.24, 2.45) is 5.73 Å². The molecule has 0 saturated heterocycles. The van der Waals surface area contributed by atoms with Gasteiger partial charge in [0.05, 0.1) is 37.3 Å². The van der Waals surface area contributed by atoms with Gasteiger partial charge in [-0.2, -0.15) is 0 Å². The molecule has 9 nitrogen and oxygen atoms in total. The molecule has 0 aliphatic carbocycles. The van der Waals surface area contributed by atoms with Crippen LogP contribution >= 0.6 is 0 Å². The number of imidazole rings is 1. The lowest BCUT2D eigenvalue weighted by atomic mass is 10.1. The molecule has 2 heterocycles. The largest absolute Gasteiger partial charge is 0.453 e. The minimum Gasteiger partial charge on any atom is -0.453 e. The van der Waals surface area contributed by atoms with E-state index in [2.05, 4.69) is 25.3 Å². The molecule has 2 amide bonds. The lowest BCUT2D eigenvalue weighted by molar-refractivity contribution is -0.117. The van der Waals surface area contributed by atoms with Gasteiger partial charge >= 0.3 is 6.09 Å². The fraction of sp³-hybridized carbons (Fsp3) is 0.353. The average Bonchev–Trinajstić information content (AvgIpc) is 3.09. The zero-order chi connectivity index (χ0) is 18.7. The number of nitrogens with one attached hydrogen (secondary N) is 3. The van der Waals surface area contributed by atoms with Crippen LogP contribution in [0.1, 0.15) is 18.3 Å². The van der Waals surface area contributed by atoms with Crippen LogP contribution in [-0.4, -0.2) is 54.1 Å². The zero-order valence-electron chi connectivity index (χ0n) is 14.7. The van der Waals surface area contributed by atoms with Crippen LogP contribution in [0.5, 0.6) is 0 Å². The number of ether oxygens (including phenoxy) is 1. The van der Waals surface area contributed by atoms with Crippen molar-refractivity contribution in [2.45, 2.75) is 12.5 Å². The number of likely N-dealkylation sites (N-methyl/N-ethyl adjacent to an activating group) is 1. The Balaban J connectivity index is 2.01. The monoisotopic (exact) mass is 358 g/mol. The fourth-order valence-electron chi connectivity index (χ4n) is 2.80. The van der Waals surface area contributed by atoms with Crippen LogP contribution in [0.3, 0.4) is 0 Å². The fourth-order valence-corrected chi connectivity index (χ4v) is 2.80. The molecule has 0 saturated carbocycles. The highest BCUT2D eigenvalue weighted by atomic mass is 16.5. The standard InChI is InChI=1S/C17H22N6O3/c1-23-6-5-12(18)16-19-8-14(22-16)11-4-3-10(20-17(25)26-2)7-13(11)21-15(24)9-23/h3-4,7-8,12H,5-6,9,18H2,1-2H3,(H,19,22)(H,20,25)(H,21,24)/t12-/m0/s1. The Labute approximate surface area is 150 Å². The number of methoxy groups -OCH3 is 1. The summed E-state index contributed by atoms with van der Waals surface area (Å²) in [6.07, 6.45) is 1.79. The molecule has 0 radical (unpaired) electrons. The van der Waals surface area contributed by atoms with E-state index in [0.717, 1.165) is 11.3 Å². The molecule has 1 aromatic carbocycles. The van der Waals surface area contributed by atoms with Crippen molar-refractivity contribution >= 4 is 23.4 Å². The summed E-state index contributed by atoms with van der Waals surface area (Å²) in [6, 6.07) is 4.95. The minimum atomic E-state index is -0.584. The third kappa shape index (κ3) is 4.01. The first kappa shape index (κ1) is 17.9. The smallest absolute Gasteiger partial charge is 0.411 e. The van der Waals surface area contributed by atoms with Crippen LogP contribution < -0.4 is 16.4 Å². The van der Waals surface area contributed by atoms with Gasteiger partial charge in [0.1, 0.15) is 5.82 Å². The van der Waals surface area contributed by atoms with Crippen molar-refractivity contribution in [3.63, 3.8) is 0 Å². The number of fused-ring (bicyclic) bond motifs is 4. The van der Waals surface area contributed by atoms with Gasteiger partial charge in [0, 0.05) is 17.8 Å². The second-order valence-electron chi connectivity index (χ2n) is 6.24. The second kappa shape index (κ2) is 7.54. The van der Waals surface area contributed by atoms with Crippen LogP contribution in [0.15, 0.2) is 24.4 Å². The number of benzene rings is 1. The van der Waals surface area contributed by atoms with Gasteiger partial charge < -0.3 is 20.8 Å². The van der Waals surface area contributed by atoms with E-state index in [9.17, 15) is 9.59 Å². The highest BCUT2D eigenvalue weighted by molar-refractivity contribution is 5.98. The number of hydrogen-bond donors (Lipinski definition) is 4. The zero-order valence-corrected chi connectivity index (χ0v) is 14.7. The lowest BCUT2D eigenvalue weighted by Gasteiger charge is -2.20. The Hall–Kier alpha value is -2.91. The summed E-state index contributed by atoms with van der Waals surface area (Å²) >= 11 is 0. The highest BCUT2D eigenvalue weighted by Gasteiger charge is 2.18. The van der Waals surface area contributed by atoms with E-state index in [1.807, 2.05) is 11.9 Å². The molecule has 0 unspecified atom stereocenters. The van der Waals surface area contributed by atoms with Gasteiger partial charge in [-0.3, -0.25) is 15.0 Å². The molecule has 26 heavy (non-hydrogen) atoms. The van der Waals surface area contributed by atoms with Gasteiger partial charge in [-0.1, -0.05) is 0 Å². The quantitative estimate of drug-likeness (QED) is 0.612. The number of anilines is 2. The summed E-state index contributed by atoms with van der Waals surface area (Å²) in [6.45, 7) is 0.904. The molecule has 5 N–H and O–H groups in total. The van der Waals surface area contributed by atoms with Gasteiger partial charge in [0.15, 0.2) is 0 Å². The first-order chi connectivity index (χ1) is 12.5. The minimum absolute atomic E-state index is 0.155. The molecule has 3 rings (SSSR count). The third-order valence-electron chi connectivity index (χ3n) is 4.20. The molecule has 1 aliphatic heterocycles. The number of carbonyl (C=O) groups is 2. The molecular formula is C17H22N6O3. The van der Waals surface area contributed by atoms with E-state index in [1.54, 1.807) is 24.4 Å². The Kier molecular flexibility index (Phi) is 5.19. The topological polar surface area (TPSA) is 125 Å². The third-order valence-corrected chi connectivity index (χ3v) is 4.20. The molecule has 2 bridgehead atoms. The van der Waals surface area contributed by atoms with Crippen molar-refractivity contribution in [1.82, 2.24) is 14.9 Å². The number of hydrogen-bond acceptors (Lipinski definition) is 6. The van der Waals surface area contributed by atoms with E-state index in [4.69, 9.17) is 5.73 Å². The maximum atomic E-state index is 12.4. The normalized spacial score (nSPS) is 18.1. The van der Waals surface area contributed by atoms with E-state index < -0.39 is 6.09 Å². The predicted molar refractivity (Wildman–Crippen MR) is 97.7 cm³/mol. The number of nitrogens with zero attached hydrogens (tertiary/aromatic N) is 2. The van der Waals surface area contributed by atoms with Crippen LogP contribution in [0.25, 0.3) is 11.3 Å². The molecule has 2 aromatic rings. The van der Waals surface area contributed by atoms with Gasteiger partial charge in [-0.15, -0.1) is 0 Å². The summed E-state index contributed by atoms with van der Waals surface area (Å²) < 4.78 is 4.61. The number of H-pyrrole nitrogens is 1. The number of amides is 2. The molecule has 0 fully saturated rings. The first-order valence-corrected chi connectivity index (χ1v) is 8.24. The Morgan fingerprint density at radius 1 is 1.46 bits per heavy atom. The molecule has 1 aliphatic rings. The van der Waals surface area contributed by atoms with Crippen molar-refractivity contribution < 1.29 is 14.3 Å². The number of aromatic amines is 1. The number of aromatic nitrogens is 2. The summed E-state index contributed by atoms with van der Waals surface area (Å²) in [5.41, 5.74) is 8.75. The van der Waals surface area contributed by atoms with Crippen molar-refractivity contribution in [3.8, 4) is 11.3 Å². The lowest BCUT2D eigenvalue weighted by Crippen LogP contribution is -2.32. The Morgan fingerprint density at radius 3 is 3.04 bits per heavy atom. The Bertz CT molecular complexity index is 819. The molecule has 1 atom stereocenters. The van der Waals surface area contributed by atoms with Crippen LogP contribution in [0.2, 0.25) is 0 Å². The summed E-state index contributed by atoms with van der Waals surface area (Å²) in [4.78, 5) is 33.3. The van der Waals surface area contributed by atoms with E-state index in [1.165, 1.54) is 7.11 Å². The van der Waals surface area contributed by atoms with Gasteiger partial charge in [0.2, 0.25) is 5.91 Å². The highest BCUT2D eigenvalue weighted by Crippen LogP contribution is 2.31. The van der Waals surface area contributed by atoms with Crippen LogP contribution in [0.4, 0.5) is 16.2 Å². The van der Waals surface area contributed by atoms with E-state index in [-0.39, 0.29) is 18.5 Å². The van der Waals surface area contributed by atoms with Gasteiger partial charge in [-0.05, 0) is 31.7 Å². The molecular weight excluding hydrogens is 336 g/mol. The van der Waals surface area contributed by atoms with Crippen molar-refractivity contribution in [3.05, 3.63) is 30.2 Å². The molecule has 0 spiro atoms. The van der Waals surface area contributed by atoms with Crippen molar-refractivity contribution in [2.75, 3.05) is 37.9 Å². The maximum absolute atomic E-state index is 12.4. The summed E-state index contributed by atoms with van der Waals surface area (Å²) in [5.74, 6) is 0.542. The van der Waals surface area contributed by atoms with Gasteiger partial charge in [0.25, 0.3) is 0 Å². The molecule has 138 valence electrons. The van der Waals surface area contributed by atoms with E-state index in [0.29, 0.717) is 30.2 Å². The maximum Gasteiger partial charge on any atom is 0.411 e. The second-order valence-corrected chi connectivity index (χ2v) is 6.24. The van der Waals surface area contributed by atoms with E-state index >= 15 is 0 Å². The number of carbonyl (C=O) groups excluding carboxylic acids is 2. The first-order valence-electron chi connectivity index (χ1n) is 8.24. The Morgan fingerprint density at radius 2 is 2.27 bits per heavy atom. The summed E-state index contributed by atoms with van der Waals surface area (Å²) in [7, 11) is 3.15. The number of rotatable bonds is 1. The SMILES string of the molecule is COC(=O)Nc1ccc2c(c1)NC(=O)CN(C)CC[C@H](N)c1ncc-2[nH]1. The average molecular weight is 358 g/mol. The van der Waals surface area contributed by atoms with Crippen LogP contribution in [-0.2, 0) is 9.53 Å².